The van der Waals surface area contributed by atoms with Gasteiger partial charge in [0.1, 0.15) is 0 Å². The first kappa shape index (κ1) is 24.4. The van der Waals surface area contributed by atoms with Crippen LogP contribution in [-0.2, 0) is 24.8 Å². The Morgan fingerprint density at radius 1 is 0.727 bits per heavy atom. The quantitative estimate of drug-likeness (QED) is 0.427. The average Bonchev–Trinajstić information content (AvgIpc) is 2.77. The number of nitrogens with one attached hydrogen (secondary N) is 3. The van der Waals surface area contributed by atoms with E-state index < -0.39 is 26.0 Å². The first-order chi connectivity index (χ1) is 15.6. The first-order valence-electron chi connectivity index (χ1n) is 10.1. The van der Waals surface area contributed by atoms with Gasteiger partial charge >= 0.3 is 0 Å². The molecule has 0 aliphatic heterocycles. The van der Waals surface area contributed by atoms with Crippen LogP contribution < -0.4 is 14.8 Å². The second kappa shape index (κ2) is 10.2. The summed E-state index contributed by atoms with van der Waals surface area (Å²) < 4.78 is 55.0. The van der Waals surface area contributed by atoms with Crippen LogP contribution in [0.4, 0.5) is 11.4 Å². The Balaban J connectivity index is 1.63. The Labute approximate surface area is 194 Å². The molecule has 0 fully saturated rings. The summed E-state index contributed by atoms with van der Waals surface area (Å²) >= 11 is 0. The summed E-state index contributed by atoms with van der Waals surface area (Å²) in [5.41, 5.74) is 2.30. The van der Waals surface area contributed by atoms with Crippen molar-refractivity contribution in [3.8, 4) is 0 Å². The summed E-state index contributed by atoms with van der Waals surface area (Å²) in [6.07, 6.45) is -0.135. The number of anilines is 2. The van der Waals surface area contributed by atoms with Crippen LogP contribution in [0.2, 0.25) is 0 Å². The van der Waals surface area contributed by atoms with E-state index in [9.17, 15) is 21.6 Å². The van der Waals surface area contributed by atoms with E-state index in [1.54, 1.807) is 48.5 Å². The molecule has 0 heterocycles. The van der Waals surface area contributed by atoms with Crippen molar-refractivity contribution in [1.82, 2.24) is 4.72 Å². The summed E-state index contributed by atoms with van der Waals surface area (Å²) in [4.78, 5) is 12.6. The Bertz CT molecular complexity index is 1360. The molecule has 0 saturated heterocycles. The molecule has 0 aromatic heterocycles. The molecule has 0 atom stereocenters. The largest absolute Gasteiger partial charge is 0.324 e. The Morgan fingerprint density at radius 3 is 2.03 bits per heavy atom. The fourth-order valence-electron chi connectivity index (χ4n) is 2.96. The monoisotopic (exact) mass is 487 g/mol. The maximum Gasteiger partial charge on any atom is 0.261 e. The topological polar surface area (TPSA) is 121 Å². The van der Waals surface area contributed by atoms with Gasteiger partial charge in [0.05, 0.1) is 21.2 Å². The van der Waals surface area contributed by atoms with Gasteiger partial charge < -0.3 is 5.32 Å². The molecule has 0 aliphatic carbocycles. The molecule has 0 unspecified atom stereocenters. The van der Waals surface area contributed by atoms with Gasteiger partial charge in [0.15, 0.2) is 0 Å². The van der Waals surface area contributed by atoms with E-state index in [0.29, 0.717) is 0 Å². The highest BCUT2D eigenvalue weighted by Gasteiger charge is 2.17. The highest BCUT2D eigenvalue weighted by Crippen LogP contribution is 2.24. The van der Waals surface area contributed by atoms with Crippen LogP contribution in [0.15, 0.2) is 82.6 Å². The van der Waals surface area contributed by atoms with E-state index >= 15 is 0 Å². The fraction of sp³-hybridized carbons (Fsp3) is 0.174. The summed E-state index contributed by atoms with van der Waals surface area (Å²) in [7, 11) is -7.59. The van der Waals surface area contributed by atoms with Crippen molar-refractivity contribution in [3.63, 3.8) is 0 Å². The van der Waals surface area contributed by atoms with E-state index in [4.69, 9.17) is 0 Å². The van der Waals surface area contributed by atoms with Crippen molar-refractivity contribution in [3.05, 3.63) is 83.9 Å². The molecule has 3 rings (SSSR count). The van der Waals surface area contributed by atoms with Crippen molar-refractivity contribution in [2.45, 2.75) is 30.1 Å². The third-order valence-corrected chi connectivity index (χ3v) is 7.77. The molecule has 3 N–H and O–H groups in total. The van der Waals surface area contributed by atoms with Crippen molar-refractivity contribution in [2.75, 3.05) is 16.6 Å². The highest BCUT2D eigenvalue weighted by atomic mass is 32.2. The smallest absolute Gasteiger partial charge is 0.261 e. The van der Waals surface area contributed by atoms with Gasteiger partial charge in [-0.05, 0) is 61.4 Å². The van der Waals surface area contributed by atoms with Crippen LogP contribution in [0.3, 0.4) is 0 Å². The molecule has 10 heteroatoms. The number of hydrogen-bond acceptors (Lipinski definition) is 5. The number of para-hydroxylation sites is 2. The number of rotatable bonds is 9. The number of carbonyl (C=O) groups excluding carboxylic acids is 1. The Kier molecular flexibility index (Phi) is 7.52. The Morgan fingerprint density at radius 2 is 1.36 bits per heavy atom. The second-order valence-electron chi connectivity index (χ2n) is 7.41. The molecule has 174 valence electrons. The second-order valence-corrected chi connectivity index (χ2v) is 10.9. The maximum absolute atomic E-state index is 12.6. The lowest BCUT2D eigenvalue weighted by atomic mass is 10.1. The lowest BCUT2D eigenvalue weighted by Crippen LogP contribution is -2.28. The Hall–Kier alpha value is -3.21. The van der Waals surface area contributed by atoms with Crippen LogP contribution >= 0.6 is 0 Å². The van der Waals surface area contributed by atoms with Gasteiger partial charge in [0.2, 0.25) is 15.9 Å². The van der Waals surface area contributed by atoms with Crippen LogP contribution in [0.5, 0.6) is 0 Å². The van der Waals surface area contributed by atoms with Crippen LogP contribution in [0.1, 0.15) is 17.5 Å². The van der Waals surface area contributed by atoms with Crippen molar-refractivity contribution >= 4 is 37.3 Å². The van der Waals surface area contributed by atoms with E-state index in [0.717, 1.165) is 11.1 Å². The maximum atomic E-state index is 12.6. The van der Waals surface area contributed by atoms with Gasteiger partial charge in [0.25, 0.3) is 10.0 Å². The molecule has 3 aromatic rings. The van der Waals surface area contributed by atoms with Crippen LogP contribution in [0.25, 0.3) is 0 Å². The van der Waals surface area contributed by atoms with E-state index in [-0.39, 0.29) is 34.1 Å². The molecule has 33 heavy (non-hydrogen) atoms. The lowest BCUT2D eigenvalue weighted by molar-refractivity contribution is -0.116. The molecular weight excluding hydrogens is 462 g/mol. The van der Waals surface area contributed by atoms with Gasteiger partial charge in [-0.2, -0.15) is 0 Å². The normalized spacial score (nSPS) is 11.7. The van der Waals surface area contributed by atoms with Crippen LogP contribution in [0, 0.1) is 13.8 Å². The first-order valence-corrected chi connectivity index (χ1v) is 13.1. The van der Waals surface area contributed by atoms with E-state index in [2.05, 4.69) is 14.8 Å². The number of amides is 1. The number of aryl methyl sites for hydroxylation is 2. The van der Waals surface area contributed by atoms with E-state index in [1.165, 1.54) is 24.3 Å². The minimum atomic E-state index is -3.84. The lowest BCUT2D eigenvalue weighted by Gasteiger charge is -2.14. The van der Waals surface area contributed by atoms with Gasteiger partial charge in [0, 0.05) is 13.0 Å². The van der Waals surface area contributed by atoms with Gasteiger partial charge in [-0.1, -0.05) is 36.4 Å². The van der Waals surface area contributed by atoms with Crippen LogP contribution in [-0.4, -0.2) is 29.3 Å². The van der Waals surface area contributed by atoms with Gasteiger partial charge in [-0.15, -0.1) is 0 Å². The molecule has 0 spiro atoms. The molecule has 0 bridgehead atoms. The standard InChI is InChI=1S/C23H25N3O5S2/c1-17-12-13-20(16-18(17)2)32(28,29)24-15-14-23(27)25-21-10-6-7-11-22(21)26-33(30,31)19-8-4-3-5-9-19/h3-13,16,24,26H,14-15H2,1-2H3,(H,25,27). The summed E-state index contributed by atoms with van der Waals surface area (Å²) in [6, 6.07) is 19.0. The number of carbonyl (C=O) groups is 1. The zero-order valence-corrected chi connectivity index (χ0v) is 19.8. The zero-order chi connectivity index (χ0) is 24.1. The molecule has 8 nitrogen and oxygen atoms in total. The summed E-state index contributed by atoms with van der Waals surface area (Å²) in [5.74, 6) is -0.468. The molecule has 0 saturated carbocycles. The number of hydrogen-bond donors (Lipinski definition) is 3. The molecule has 1 amide bonds. The third kappa shape index (κ3) is 6.41. The third-order valence-electron chi connectivity index (χ3n) is 4.93. The minimum absolute atomic E-state index is 0.0897. The zero-order valence-electron chi connectivity index (χ0n) is 18.2. The molecule has 3 aromatic carbocycles. The molecular formula is C23H25N3O5S2. The number of sulfonamides is 2. The molecule has 0 radical (unpaired) electrons. The SMILES string of the molecule is Cc1ccc(S(=O)(=O)NCCC(=O)Nc2ccccc2NS(=O)(=O)c2ccccc2)cc1C. The summed E-state index contributed by atoms with van der Waals surface area (Å²) in [5, 5.41) is 2.63. The highest BCUT2D eigenvalue weighted by molar-refractivity contribution is 7.92. The predicted molar refractivity (Wildman–Crippen MR) is 128 cm³/mol. The average molecular weight is 488 g/mol. The van der Waals surface area contributed by atoms with Crippen molar-refractivity contribution in [1.29, 1.82) is 0 Å². The van der Waals surface area contributed by atoms with Crippen molar-refractivity contribution in [2.24, 2.45) is 0 Å². The molecule has 0 aliphatic rings. The van der Waals surface area contributed by atoms with E-state index in [1.807, 2.05) is 13.8 Å². The minimum Gasteiger partial charge on any atom is -0.324 e. The van der Waals surface area contributed by atoms with Gasteiger partial charge in [-0.25, -0.2) is 21.6 Å². The number of benzene rings is 3. The summed E-state index contributed by atoms with van der Waals surface area (Å²) in [6.45, 7) is 3.60. The van der Waals surface area contributed by atoms with Crippen molar-refractivity contribution < 1.29 is 21.6 Å². The predicted octanol–water partition coefficient (Wildman–Crippen LogP) is 3.41. The fourth-order valence-corrected chi connectivity index (χ4v) is 5.18. The van der Waals surface area contributed by atoms with Gasteiger partial charge in [-0.3, -0.25) is 9.52 Å².